The predicted octanol–water partition coefficient (Wildman–Crippen LogP) is 3.81. The van der Waals surface area contributed by atoms with E-state index >= 15 is 0 Å². The number of aliphatic hydroxyl groups excluding tert-OH is 1. The van der Waals surface area contributed by atoms with Crippen molar-refractivity contribution in [2.45, 2.75) is 19.4 Å². The molecule has 3 rings (SSSR count). The van der Waals surface area contributed by atoms with E-state index in [9.17, 15) is 4.79 Å². The molecule has 0 bridgehead atoms. The number of hydrogen-bond acceptors (Lipinski definition) is 5. The van der Waals surface area contributed by atoms with Gasteiger partial charge in [-0.1, -0.05) is 23.7 Å². The van der Waals surface area contributed by atoms with Crippen LogP contribution in [0.15, 0.2) is 42.5 Å². The fraction of sp³-hybridized carbons (Fsp3) is 0.409. The first-order chi connectivity index (χ1) is 13.6. The minimum atomic E-state index is -0.0618. The van der Waals surface area contributed by atoms with E-state index in [1.807, 2.05) is 24.3 Å². The summed E-state index contributed by atoms with van der Waals surface area (Å²) in [6.45, 7) is 2.78. The number of aliphatic hydroxyl groups is 1. The molecule has 1 heterocycles. The minimum absolute atomic E-state index is 0.00234. The van der Waals surface area contributed by atoms with Crippen LogP contribution in [0.25, 0.3) is 0 Å². The third kappa shape index (κ3) is 5.25. The van der Waals surface area contributed by atoms with Crippen LogP contribution in [0, 0.1) is 5.92 Å². The Bertz CT molecular complexity index is 794. The minimum Gasteiger partial charge on any atom is -0.496 e. The summed E-state index contributed by atoms with van der Waals surface area (Å²) in [5.41, 5.74) is 1.73. The molecule has 1 aliphatic heterocycles. The Morgan fingerprint density at radius 1 is 1.25 bits per heavy atom. The molecule has 150 valence electrons. The first-order valence-electron chi connectivity index (χ1n) is 9.53. The van der Waals surface area contributed by atoms with E-state index in [1.165, 1.54) is 5.56 Å². The third-order valence-electron chi connectivity index (χ3n) is 4.99. The Hall–Kier alpha value is -2.08. The number of ether oxygens (including phenoxy) is 2. The van der Waals surface area contributed by atoms with Gasteiger partial charge in [-0.05, 0) is 55.3 Å². The lowest BCUT2D eigenvalue weighted by Crippen LogP contribution is -2.38. The van der Waals surface area contributed by atoms with Gasteiger partial charge in [0.2, 0.25) is 0 Å². The number of likely N-dealkylation sites (tertiary alicyclic amines) is 1. The molecule has 0 saturated carbocycles. The Morgan fingerprint density at radius 2 is 2.04 bits per heavy atom. The third-order valence-corrected chi connectivity index (χ3v) is 5.23. The molecular formula is C22H26ClNO4. The van der Waals surface area contributed by atoms with Crippen LogP contribution in [0.4, 0.5) is 0 Å². The van der Waals surface area contributed by atoms with Crippen LogP contribution in [-0.2, 0) is 6.54 Å². The first-order valence-corrected chi connectivity index (χ1v) is 9.91. The van der Waals surface area contributed by atoms with Crippen LogP contribution in [0.5, 0.6) is 11.5 Å². The van der Waals surface area contributed by atoms with Crippen LogP contribution in [0.2, 0.25) is 5.02 Å². The fourth-order valence-electron chi connectivity index (χ4n) is 3.62. The maximum Gasteiger partial charge on any atom is 0.170 e. The SMILES string of the molecule is COc1ccc(Cl)cc1C(=O)C1CCCN(Cc2ccc(OCCO)cc2)C1. The van der Waals surface area contributed by atoms with Crippen LogP contribution in [0.1, 0.15) is 28.8 Å². The van der Waals surface area contributed by atoms with Gasteiger partial charge in [0.05, 0.1) is 19.3 Å². The summed E-state index contributed by atoms with van der Waals surface area (Å²) in [6.07, 6.45) is 1.86. The second-order valence-electron chi connectivity index (χ2n) is 7.00. The highest BCUT2D eigenvalue weighted by atomic mass is 35.5. The molecule has 1 aliphatic rings. The number of hydrogen-bond donors (Lipinski definition) is 1. The van der Waals surface area contributed by atoms with Crippen LogP contribution in [-0.4, -0.2) is 49.2 Å². The molecule has 0 spiro atoms. The van der Waals surface area contributed by atoms with Crippen molar-refractivity contribution in [1.29, 1.82) is 0 Å². The van der Waals surface area contributed by atoms with Gasteiger partial charge in [0.1, 0.15) is 18.1 Å². The number of halogens is 1. The highest BCUT2D eigenvalue weighted by Crippen LogP contribution is 2.29. The zero-order valence-corrected chi connectivity index (χ0v) is 16.8. The summed E-state index contributed by atoms with van der Waals surface area (Å²) < 4.78 is 10.8. The second-order valence-corrected chi connectivity index (χ2v) is 7.44. The lowest BCUT2D eigenvalue weighted by atomic mass is 9.89. The van der Waals surface area contributed by atoms with Gasteiger partial charge in [-0.3, -0.25) is 9.69 Å². The molecule has 1 unspecified atom stereocenters. The number of methoxy groups -OCH3 is 1. The summed E-state index contributed by atoms with van der Waals surface area (Å²) >= 11 is 6.09. The topological polar surface area (TPSA) is 59.0 Å². The van der Waals surface area contributed by atoms with Crippen molar-refractivity contribution in [3.05, 3.63) is 58.6 Å². The second kappa shape index (κ2) is 9.92. The van der Waals surface area contributed by atoms with E-state index in [-0.39, 0.29) is 18.3 Å². The van der Waals surface area contributed by atoms with Crippen molar-refractivity contribution < 1.29 is 19.4 Å². The number of carbonyl (C=O) groups excluding carboxylic acids is 1. The zero-order valence-electron chi connectivity index (χ0n) is 16.1. The molecule has 0 aliphatic carbocycles. The number of Topliss-reactive ketones (excluding diaryl/α,β-unsaturated/α-hetero) is 1. The highest BCUT2D eigenvalue weighted by Gasteiger charge is 2.28. The van der Waals surface area contributed by atoms with Gasteiger partial charge < -0.3 is 14.6 Å². The number of benzene rings is 2. The largest absolute Gasteiger partial charge is 0.496 e. The maximum atomic E-state index is 13.1. The molecule has 1 N–H and O–H groups in total. The predicted molar refractivity (Wildman–Crippen MR) is 109 cm³/mol. The van der Waals surface area contributed by atoms with Crippen molar-refractivity contribution >= 4 is 17.4 Å². The summed E-state index contributed by atoms with van der Waals surface area (Å²) in [7, 11) is 1.57. The van der Waals surface area contributed by atoms with Crippen LogP contribution in [0.3, 0.4) is 0 Å². The Morgan fingerprint density at radius 3 is 2.75 bits per heavy atom. The number of rotatable bonds is 8. The number of ketones is 1. The van der Waals surface area contributed by atoms with E-state index in [4.69, 9.17) is 26.2 Å². The first kappa shape index (κ1) is 20.6. The normalized spacial score (nSPS) is 17.3. The quantitative estimate of drug-likeness (QED) is 0.679. The van der Waals surface area contributed by atoms with E-state index < -0.39 is 0 Å². The molecular weight excluding hydrogens is 378 g/mol. The molecule has 0 radical (unpaired) electrons. The van der Waals surface area contributed by atoms with Crippen molar-refractivity contribution in [3.63, 3.8) is 0 Å². The fourth-order valence-corrected chi connectivity index (χ4v) is 3.79. The van der Waals surface area contributed by atoms with Gasteiger partial charge in [0.25, 0.3) is 0 Å². The van der Waals surface area contributed by atoms with Crippen molar-refractivity contribution in [2.75, 3.05) is 33.4 Å². The molecule has 28 heavy (non-hydrogen) atoms. The molecule has 5 nitrogen and oxygen atoms in total. The standard InChI is InChI=1S/C22H26ClNO4/c1-27-21-9-6-18(23)13-20(21)22(26)17-3-2-10-24(15-17)14-16-4-7-19(8-5-16)28-12-11-25/h4-9,13,17,25H,2-3,10-12,14-15H2,1H3. The van der Waals surface area contributed by atoms with E-state index in [0.717, 1.165) is 38.2 Å². The van der Waals surface area contributed by atoms with Gasteiger partial charge in [-0.2, -0.15) is 0 Å². The van der Waals surface area contributed by atoms with Gasteiger partial charge in [-0.15, -0.1) is 0 Å². The maximum absolute atomic E-state index is 13.1. The van der Waals surface area contributed by atoms with Gasteiger partial charge >= 0.3 is 0 Å². The molecule has 2 aromatic carbocycles. The smallest absolute Gasteiger partial charge is 0.170 e. The lowest BCUT2D eigenvalue weighted by molar-refractivity contribution is 0.0808. The van der Waals surface area contributed by atoms with E-state index in [0.29, 0.717) is 22.9 Å². The summed E-state index contributed by atoms with van der Waals surface area (Å²) in [6, 6.07) is 13.1. The Kier molecular flexibility index (Phi) is 7.31. The van der Waals surface area contributed by atoms with Crippen molar-refractivity contribution in [1.82, 2.24) is 4.90 Å². The molecule has 0 aromatic heterocycles. The summed E-state index contributed by atoms with van der Waals surface area (Å²) in [5, 5.41) is 9.37. The van der Waals surface area contributed by atoms with Gasteiger partial charge in [-0.25, -0.2) is 0 Å². The monoisotopic (exact) mass is 403 g/mol. The lowest BCUT2D eigenvalue weighted by Gasteiger charge is -2.32. The molecule has 6 heteroatoms. The average Bonchev–Trinajstić information content (AvgIpc) is 2.73. The van der Waals surface area contributed by atoms with Gasteiger partial charge in [0, 0.05) is 24.0 Å². The van der Waals surface area contributed by atoms with Crippen molar-refractivity contribution in [2.24, 2.45) is 5.92 Å². The molecule has 1 fully saturated rings. The van der Waals surface area contributed by atoms with Crippen LogP contribution >= 0.6 is 11.6 Å². The number of nitrogens with zero attached hydrogens (tertiary/aromatic N) is 1. The van der Waals surface area contributed by atoms with Crippen molar-refractivity contribution in [3.8, 4) is 11.5 Å². The average molecular weight is 404 g/mol. The van der Waals surface area contributed by atoms with E-state index in [2.05, 4.69) is 4.90 Å². The zero-order chi connectivity index (χ0) is 19.9. The number of carbonyl (C=O) groups is 1. The van der Waals surface area contributed by atoms with E-state index in [1.54, 1.807) is 25.3 Å². The molecule has 2 aromatic rings. The molecule has 0 amide bonds. The number of piperidine rings is 1. The summed E-state index contributed by atoms with van der Waals surface area (Å²) in [4.78, 5) is 15.4. The summed E-state index contributed by atoms with van der Waals surface area (Å²) in [5.74, 6) is 1.35. The Labute approximate surface area is 170 Å². The van der Waals surface area contributed by atoms with Gasteiger partial charge in [0.15, 0.2) is 5.78 Å². The Balaban J connectivity index is 1.64. The molecule has 1 saturated heterocycles. The molecule has 1 atom stereocenters. The highest BCUT2D eigenvalue weighted by molar-refractivity contribution is 6.31. The van der Waals surface area contributed by atoms with Crippen LogP contribution < -0.4 is 9.47 Å².